The fourth-order valence-corrected chi connectivity index (χ4v) is 1.04. The summed E-state index contributed by atoms with van der Waals surface area (Å²) in [7, 11) is 5.55. The van der Waals surface area contributed by atoms with Gasteiger partial charge in [0, 0.05) is 17.3 Å². The molecular formula is C7H6BN3. The van der Waals surface area contributed by atoms with Gasteiger partial charge in [0.05, 0.1) is 0 Å². The van der Waals surface area contributed by atoms with E-state index in [0.717, 1.165) is 16.7 Å². The number of aromatic amines is 1. The summed E-state index contributed by atoms with van der Waals surface area (Å²) in [4.78, 5) is 4.03. The fourth-order valence-electron chi connectivity index (χ4n) is 1.04. The molecule has 2 aromatic heterocycles. The average Bonchev–Trinajstić information content (AvgIpc) is 2.33. The number of hydrogen-bond acceptors (Lipinski definition) is 2. The van der Waals surface area contributed by atoms with Crippen LogP contribution in [0.15, 0.2) is 12.3 Å². The molecule has 2 radical (unpaired) electrons. The first kappa shape index (κ1) is 6.40. The van der Waals surface area contributed by atoms with E-state index in [0.29, 0.717) is 5.46 Å². The number of aromatic nitrogens is 3. The van der Waals surface area contributed by atoms with Crippen molar-refractivity contribution in [1.29, 1.82) is 0 Å². The number of hydrogen-bond donors (Lipinski definition) is 1. The summed E-state index contributed by atoms with van der Waals surface area (Å²) in [5.41, 5.74) is 2.39. The Bertz CT molecular complexity index is 393. The number of nitrogens with one attached hydrogen (secondary N) is 1. The Hall–Kier alpha value is -1.32. The van der Waals surface area contributed by atoms with Crippen LogP contribution in [0.5, 0.6) is 0 Å². The molecule has 2 rings (SSSR count). The third kappa shape index (κ3) is 0.907. The van der Waals surface area contributed by atoms with Crippen LogP contribution in [0.4, 0.5) is 0 Å². The van der Waals surface area contributed by atoms with Gasteiger partial charge in [-0.3, -0.25) is 5.10 Å². The van der Waals surface area contributed by atoms with Gasteiger partial charge in [0.1, 0.15) is 7.85 Å². The lowest BCUT2D eigenvalue weighted by molar-refractivity contribution is 1.06. The van der Waals surface area contributed by atoms with E-state index < -0.39 is 0 Å². The average molecular weight is 143 g/mol. The van der Waals surface area contributed by atoms with Crippen LogP contribution in [0.1, 0.15) is 5.69 Å². The highest BCUT2D eigenvalue weighted by Gasteiger charge is 2.00. The van der Waals surface area contributed by atoms with Crippen LogP contribution >= 0.6 is 0 Å². The molecule has 0 spiro atoms. The molecule has 0 saturated heterocycles. The van der Waals surface area contributed by atoms with E-state index in [1.165, 1.54) is 0 Å². The van der Waals surface area contributed by atoms with Crippen molar-refractivity contribution in [1.82, 2.24) is 15.2 Å². The minimum absolute atomic E-state index is 0.669. The lowest BCUT2D eigenvalue weighted by Crippen LogP contribution is -2.01. The van der Waals surface area contributed by atoms with Crippen LogP contribution in [0.2, 0.25) is 0 Å². The summed E-state index contributed by atoms with van der Waals surface area (Å²) in [5.74, 6) is 0. The van der Waals surface area contributed by atoms with Gasteiger partial charge in [-0.1, -0.05) is 11.5 Å². The molecule has 0 aliphatic rings. The van der Waals surface area contributed by atoms with E-state index in [-0.39, 0.29) is 0 Å². The zero-order chi connectivity index (χ0) is 7.84. The molecule has 0 saturated carbocycles. The van der Waals surface area contributed by atoms with Crippen molar-refractivity contribution in [2.75, 3.05) is 0 Å². The Labute approximate surface area is 65.2 Å². The second kappa shape index (κ2) is 2.08. The van der Waals surface area contributed by atoms with Gasteiger partial charge < -0.3 is 0 Å². The summed E-state index contributed by atoms with van der Waals surface area (Å²) in [6.07, 6.45) is 1.60. The smallest absolute Gasteiger partial charge is 0.181 e. The van der Waals surface area contributed by atoms with Gasteiger partial charge in [-0.15, -0.1) is 0 Å². The Balaban J connectivity index is 2.87. The summed E-state index contributed by atoms with van der Waals surface area (Å²) in [5, 5.41) is 7.79. The molecule has 0 fully saturated rings. The largest absolute Gasteiger partial charge is 0.280 e. The van der Waals surface area contributed by atoms with Gasteiger partial charge in [-0.05, 0) is 6.92 Å². The Kier molecular flexibility index (Phi) is 1.21. The van der Waals surface area contributed by atoms with Crippen LogP contribution in [0.25, 0.3) is 11.0 Å². The predicted octanol–water partition coefficient (Wildman–Crippen LogP) is 0.0601. The molecule has 2 heterocycles. The lowest BCUT2D eigenvalue weighted by Gasteiger charge is -1.90. The molecule has 0 aromatic carbocycles. The van der Waals surface area contributed by atoms with E-state index >= 15 is 0 Å². The van der Waals surface area contributed by atoms with Crippen molar-refractivity contribution in [3.05, 3.63) is 18.0 Å². The van der Waals surface area contributed by atoms with Crippen LogP contribution in [-0.4, -0.2) is 23.0 Å². The zero-order valence-electron chi connectivity index (χ0n) is 6.13. The lowest BCUT2D eigenvalue weighted by atomic mass is 9.98. The van der Waals surface area contributed by atoms with Gasteiger partial charge in [0.25, 0.3) is 0 Å². The molecule has 0 amide bonds. The SMILES string of the molecule is [B]c1cnc2n[nH]c(C)c2c1. The number of H-pyrrole nitrogens is 1. The van der Waals surface area contributed by atoms with E-state index in [1.54, 1.807) is 6.20 Å². The van der Waals surface area contributed by atoms with Gasteiger partial charge in [-0.25, -0.2) is 4.98 Å². The van der Waals surface area contributed by atoms with Crippen molar-refractivity contribution in [3.63, 3.8) is 0 Å². The molecule has 4 heteroatoms. The maximum atomic E-state index is 5.55. The van der Waals surface area contributed by atoms with Gasteiger partial charge in [0.15, 0.2) is 5.65 Å². The molecule has 0 aliphatic heterocycles. The second-order valence-corrected chi connectivity index (χ2v) is 2.49. The molecule has 11 heavy (non-hydrogen) atoms. The van der Waals surface area contributed by atoms with E-state index in [2.05, 4.69) is 15.2 Å². The third-order valence-corrected chi connectivity index (χ3v) is 1.62. The minimum Gasteiger partial charge on any atom is -0.280 e. The summed E-state index contributed by atoms with van der Waals surface area (Å²) in [6.45, 7) is 1.94. The standard InChI is InChI=1S/C7H6BN3/c1-4-6-2-5(8)3-9-7(6)11-10-4/h2-3H,1H3,(H,9,10,11). The Morgan fingerprint density at radius 1 is 1.55 bits per heavy atom. The normalized spacial score (nSPS) is 10.6. The maximum absolute atomic E-state index is 5.55. The Morgan fingerprint density at radius 2 is 2.36 bits per heavy atom. The number of nitrogens with zero attached hydrogens (tertiary/aromatic N) is 2. The second-order valence-electron chi connectivity index (χ2n) is 2.49. The molecule has 0 bridgehead atoms. The highest BCUT2D eigenvalue weighted by molar-refractivity contribution is 6.32. The molecule has 3 nitrogen and oxygen atoms in total. The molecule has 0 aliphatic carbocycles. The highest BCUT2D eigenvalue weighted by atomic mass is 15.1. The van der Waals surface area contributed by atoms with E-state index in [9.17, 15) is 0 Å². The van der Waals surface area contributed by atoms with Gasteiger partial charge in [0.2, 0.25) is 0 Å². The van der Waals surface area contributed by atoms with Crippen molar-refractivity contribution in [2.24, 2.45) is 0 Å². The molecule has 2 aromatic rings. The summed E-state index contributed by atoms with van der Waals surface area (Å²) >= 11 is 0. The van der Waals surface area contributed by atoms with Crippen LogP contribution in [0, 0.1) is 6.92 Å². The monoisotopic (exact) mass is 143 g/mol. The number of fused-ring (bicyclic) bond motifs is 1. The molecule has 0 atom stereocenters. The molecule has 52 valence electrons. The summed E-state index contributed by atoms with van der Waals surface area (Å²) < 4.78 is 0. The van der Waals surface area contributed by atoms with Crippen LogP contribution in [-0.2, 0) is 0 Å². The predicted molar refractivity (Wildman–Crippen MR) is 44.0 cm³/mol. The topological polar surface area (TPSA) is 41.6 Å². The van der Waals surface area contributed by atoms with Crippen molar-refractivity contribution in [2.45, 2.75) is 6.92 Å². The highest BCUT2D eigenvalue weighted by Crippen LogP contribution is 2.08. The zero-order valence-corrected chi connectivity index (χ0v) is 6.13. The van der Waals surface area contributed by atoms with Crippen molar-refractivity contribution >= 4 is 24.3 Å². The fraction of sp³-hybridized carbons (Fsp3) is 0.143. The quantitative estimate of drug-likeness (QED) is 0.529. The molecule has 0 unspecified atom stereocenters. The van der Waals surface area contributed by atoms with Crippen molar-refractivity contribution in [3.8, 4) is 0 Å². The van der Waals surface area contributed by atoms with Crippen LogP contribution < -0.4 is 5.46 Å². The Morgan fingerprint density at radius 3 is 3.18 bits per heavy atom. The first-order valence-electron chi connectivity index (χ1n) is 3.33. The molecule has 1 N–H and O–H groups in total. The maximum Gasteiger partial charge on any atom is 0.181 e. The minimum atomic E-state index is 0.669. The summed E-state index contributed by atoms with van der Waals surface area (Å²) in [6, 6.07) is 1.86. The number of pyridine rings is 1. The number of rotatable bonds is 0. The first-order valence-corrected chi connectivity index (χ1v) is 3.33. The van der Waals surface area contributed by atoms with E-state index in [4.69, 9.17) is 7.85 Å². The van der Waals surface area contributed by atoms with E-state index in [1.807, 2.05) is 13.0 Å². The van der Waals surface area contributed by atoms with Crippen LogP contribution in [0.3, 0.4) is 0 Å². The third-order valence-electron chi connectivity index (χ3n) is 1.62. The number of aryl methyl sites for hydroxylation is 1. The van der Waals surface area contributed by atoms with Gasteiger partial charge in [-0.2, -0.15) is 5.10 Å². The first-order chi connectivity index (χ1) is 5.27. The molecular weight excluding hydrogens is 137 g/mol. The van der Waals surface area contributed by atoms with Crippen molar-refractivity contribution < 1.29 is 0 Å². The van der Waals surface area contributed by atoms with Gasteiger partial charge >= 0.3 is 0 Å².